The van der Waals surface area contributed by atoms with Crippen LogP contribution in [0, 0.1) is 12.8 Å². The summed E-state index contributed by atoms with van der Waals surface area (Å²) in [4.78, 5) is 28.1. The molecule has 0 bridgehead atoms. The van der Waals surface area contributed by atoms with Crippen LogP contribution >= 0.6 is 0 Å². The molecule has 0 unspecified atom stereocenters. The highest BCUT2D eigenvalue weighted by atomic mass is 16.2. The molecular weight excluding hydrogens is 314 g/mol. The van der Waals surface area contributed by atoms with Crippen molar-refractivity contribution in [3.05, 3.63) is 35.4 Å². The Bertz CT molecular complexity index is 617. The standard InChI is InChI=1S/C20H31N3O2/c1-15-8-6-7-9-17(15)14-20(2,3)21-18(24)16-10-12-23(13-11-16)19(25)22(4)5/h6-9,16H,10-14H2,1-5H3,(H,21,24). The summed E-state index contributed by atoms with van der Waals surface area (Å²) in [6, 6.07) is 8.32. The van der Waals surface area contributed by atoms with E-state index in [2.05, 4.69) is 38.2 Å². The average Bonchev–Trinajstić information content (AvgIpc) is 2.55. The van der Waals surface area contributed by atoms with E-state index in [1.54, 1.807) is 19.0 Å². The minimum absolute atomic E-state index is 0.0117. The van der Waals surface area contributed by atoms with Crippen molar-refractivity contribution in [2.75, 3.05) is 27.2 Å². The average molecular weight is 345 g/mol. The van der Waals surface area contributed by atoms with Crippen molar-refractivity contribution in [3.8, 4) is 0 Å². The van der Waals surface area contributed by atoms with Crippen LogP contribution in [0.15, 0.2) is 24.3 Å². The van der Waals surface area contributed by atoms with Gasteiger partial charge in [0.2, 0.25) is 5.91 Å². The summed E-state index contributed by atoms with van der Waals surface area (Å²) < 4.78 is 0. The number of piperidine rings is 1. The van der Waals surface area contributed by atoms with E-state index in [9.17, 15) is 9.59 Å². The molecule has 0 atom stereocenters. The maximum Gasteiger partial charge on any atom is 0.319 e. The predicted octanol–water partition coefficient (Wildman–Crippen LogP) is 2.83. The second kappa shape index (κ2) is 7.89. The molecule has 1 heterocycles. The molecule has 1 aliphatic rings. The summed E-state index contributed by atoms with van der Waals surface area (Å²) in [6.45, 7) is 7.54. The van der Waals surface area contributed by atoms with Gasteiger partial charge in [0.25, 0.3) is 0 Å². The number of carbonyl (C=O) groups excluding carboxylic acids is 2. The Morgan fingerprint density at radius 3 is 2.36 bits per heavy atom. The molecule has 138 valence electrons. The maximum atomic E-state index is 12.7. The Morgan fingerprint density at radius 1 is 1.20 bits per heavy atom. The van der Waals surface area contributed by atoms with Gasteiger partial charge in [-0.1, -0.05) is 24.3 Å². The van der Waals surface area contributed by atoms with Crippen molar-refractivity contribution in [1.82, 2.24) is 15.1 Å². The van der Waals surface area contributed by atoms with E-state index < -0.39 is 0 Å². The van der Waals surface area contributed by atoms with Crippen LogP contribution in [0.3, 0.4) is 0 Å². The largest absolute Gasteiger partial charge is 0.351 e. The maximum absolute atomic E-state index is 12.7. The van der Waals surface area contributed by atoms with Crippen molar-refractivity contribution < 1.29 is 9.59 Å². The Hall–Kier alpha value is -2.04. The van der Waals surface area contributed by atoms with Gasteiger partial charge in [-0.05, 0) is 51.2 Å². The molecule has 0 aliphatic carbocycles. The van der Waals surface area contributed by atoms with Gasteiger partial charge in [-0.3, -0.25) is 4.79 Å². The fraction of sp³-hybridized carbons (Fsp3) is 0.600. The second-order valence-electron chi connectivity index (χ2n) is 7.91. The fourth-order valence-corrected chi connectivity index (χ4v) is 3.38. The highest BCUT2D eigenvalue weighted by Crippen LogP contribution is 2.21. The topological polar surface area (TPSA) is 52.7 Å². The smallest absolute Gasteiger partial charge is 0.319 e. The summed E-state index contributed by atoms with van der Waals surface area (Å²) in [7, 11) is 3.52. The van der Waals surface area contributed by atoms with Gasteiger partial charge in [0.15, 0.2) is 0 Å². The Morgan fingerprint density at radius 2 is 1.80 bits per heavy atom. The third kappa shape index (κ3) is 5.21. The lowest BCUT2D eigenvalue weighted by Gasteiger charge is -2.35. The first-order valence-electron chi connectivity index (χ1n) is 9.02. The highest BCUT2D eigenvalue weighted by molar-refractivity contribution is 5.80. The van der Waals surface area contributed by atoms with Gasteiger partial charge in [0, 0.05) is 38.6 Å². The van der Waals surface area contributed by atoms with Crippen LogP contribution in [-0.4, -0.2) is 54.5 Å². The number of nitrogens with one attached hydrogen (secondary N) is 1. The van der Waals surface area contributed by atoms with Crippen molar-refractivity contribution in [2.45, 2.75) is 45.6 Å². The van der Waals surface area contributed by atoms with E-state index in [0.717, 1.165) is 19.3 Å². The van der Waals surface area contributed by atoms with E-state index in [4.69, 9.17) is 0 Å². The quantitative estimate of drug-likeness (QED) is 0.912. The molecule has 5 nitrogen and oxygen atoms in total. The summed E-state index contributed by atoms with van der Waals surface area (Å²) in [5.74, 6) is 0.0953. The molecule has 1 saturated heterocycles. The molecular formula is C20H31N3O2. The van der Waals surface area contributed by atoms with Gasteiger partial charge in [-0.15, -0.1) is 0 Å². The number of rotatable bonds is 4. The molecule has 1 N–H and O–H groups in total. The lowest BCUT2D eigenvalue weighted by molar-refractivity contribution is -0.127. The number of likely N-dealkylation sites (tertiary alicyclic amines) is 1. The molecule has 25 heavy (non-hydrogen) atoms. The van der Waals surface area contributed by atoms with Crippen LogP contribution in [0.25, 0.3) is 0 Å². The van der Waals surface area contributed by atoms with Crippen LogP contribution in [-0.2, 0) is 11.2 Å². The third-order valence-electron chi connectivity index (χ3n) is 4.87. The summed E-state index contributed by atoms with van der Waals surface area (Å²) in [5.41, 5.74) is 2.22. The lowest BCUT2D eigenvalue weighted by atomic mass is 9.90. The molecule has 3 amide bonds. The van der Waals surface area contributed by atoms with Crippen LogP contribution < -0.4 is 5.32 Å². The molecule has 2 rings (SSSR count). The van der Waals surface area contributed by atoms with Crippen LogP contribution in [0.2, 0.25) is 0 Å². The van der Waals surface area contributed by atoms with Crippen LogP contribution in [0.4, 0.5) is 4.79 Å². The normalized spacial score (nSPS) is 15.8. The van der Waals surface area contributed by atoms with E-state index in [-0.39, 0.29) is 23.4 Å². The van der Waals surface area contributed by atoms with E-state index in [1.165, 1.54) is 11.1 Å². The summed E-state index contributed by atoms with van der Waals surface area (Å²) in [5, 5.41) is 3.22. The van der Waals surface area contributed by atoms with E-state index in [1.807, 2.05) is 17.0 Å². The van der Waals surface area contributed by atoms with E-state index >= 15 is 0 Å². The van der Waals surface area contributed by atoms with Gasteiger partial charge < -0.3 is 15.1 Å². The van der Waals surface area contributed by atoms with Gasteiger partial charge in [0.05, 0.1) is 0 Å². The summed E-state index contributed by atoms with van der Waals surface area (Å²) in [6.07, 6.45) is 2.26. The molecule has 1 aliphatic heterocycles. The number of hydrogen-bond donors (Lipinski definition) is 1. The molecule has 0 saturated carbocycles. The highest BCUT2D eigenvalue weighted by Gasteiger charge is 2.31. The molecule has 0 aromatic heterocycles. The van der Waals surface area contributed by atoms with Crippen molar-refractivity contribution in [2.24, 2.45) is 5.92 Å². The SMILES string of the molecule is Cc1ccccc1CC(C)(C)NC(=O)C1CCN(C(=O)N(C)C)CC1. The molecule has 0 spiro atoms. The zero-order chi connectivity index (χ0) is 18.6. The molecule has 1 aromatic rings. The van der Waals surface area contributed by atoms with Gasteiger partial charge in [0.1, 0.15) is 0 Å². The number of carbonyl (C=O) groups is 2. The van der Waals surface area contributed by atoms with Crippen molar-refractivity contribution >= 4 is 11.9 Å². The zero-order valence-corrected chi connectivity index (χ0v) is 16.1. The number of benzene rings is 1. The molecule has 1 fully saturated rings. The Labute approximate surface area is 151 Å². The van der Waals surface area contributed by atoms with E-state index in [0.29, 0.717) is 13.1 Å². The van der Waals surface area contributed by atoms with Crippen LogP contribution in [0.5, 0.6) is 0 Å². The van der Waals surface area contributed by atoms with Gasteiger partial charge in [-0.2, -0.15) is 0 Å². The lowest BCUT2D eigenvalue weighted by Crippen LogP contribution is -2.51. The van der Waals surface area contributed by atoms with Crippen LogP contribution in [0.1, 0.15) is 37.8 Å². The molecule has 1 aromatic carbocycles. The summed E-state index contributed by atoms with van der Waals surface area (Å²) >= 11 is 0. The number of nitrogens with zero attached hydrogens (tertiary/aromatic N) is 2. The monoisotopic (exact) mass is 345 g/mol. The number of aryl methyl sites for hydroxylation is 1. The molecule has 5 heteroatoms. The minimum Gasteiger partial charge on any atom is -0.351 e. The fourth-order valence-electron chi connectivity index (χ4n) is 3.38. The first-order valence-corrected chi connectivity index (χ1v) is 9.02. The van der Waals surface area contributed by atoms with Gasteiger partial charge in [-0.25, -0.2) is 4.79 Å². The minimum atomic E-state index is -0.292. The zero-order valence-electron chi connectivity index (χ0n) is 16.1. The number of urea groups is 1. The van der Waals surface area contributed by atoms with Crippen molar-refractivity contribution in [3.63, 3.8) is 0 Å². The Kier molecular flexibility index (Phi) is 6.09. The van der Waals surface area contributed by atoms with Crippen molar-refractivity contribution in [1.29, 1.82) is 0 Å². The first kappa shape index (κ1) is 19.3. The number of amides is 3. The molecule has 0 radical (unpaired) electrons. The van der Waals surface area contributed by atoms with Gasteiger partial charge >= 0.3 is 6.03 Å². The number of hydrogen-bond acceptors (Lipinski definition) is 2. The first-order chi connectivity index (χ1) is 11.7. The Balaban J connectivity index is 1.89. The second-order valence-corrected chi connectivity index (χ2v) is 7.91. The predicted molar refractivity (Wildman–Crippen MR) is 100 cm³/mol. The third-order valence-corrected chi connectivity index (χ3v) is 4.87.